The first-order valence-corrected chi connectivity index (χ1v) is 4.88. The second-order valence-corrected chi connectivity index (χ2v) is 3.38. The first kappa shape index (κ1) is 10.2. The van der Waals surface area contributed by atoms with Gasteiger partial charge in [0.05, 0.1) is 12.8 Å². The Morgan fingerprint density at radius 3 is 2.54 bits per heavy atom. The topological polar surface area (TPSA) is 12.5 Å². The molecule has 0 atom stereocenters. The Morgan fingerprint density at radius 2 is 2.23 bits per heavy atom. The van der Waals surface area contributed by atoms with Crippen LogP contribution in [0.3, 0.4) is 0 Å². The number of allylic oxidation sites excluding steroid dienone is 2. The summed E-state index contributed by atoms with van der Waals surface area (Å²) in [6.45, 7) is 9.07. The lowest BCUT2D eigenvalue weighted by atomic mass is 10.3. The van der Waals surface area contributed by atoms with Gasteiger partial charge in [-0.1, -0.05) is 6.58 Å². The van der Waals surface area contributed by atoms with Crippen molar-refractivity contribution in [2.45, 2.75) is 32.7 Å². The predicted molar refractivity (Wildman–Crippen MR) is 55.3 cm³/mol. The van der Waals surface area contributed by atoms with Gasteiger partial charge in [0.1, 0.15) is 5.76 Å². The molecule has 0 aromatic rings. The Morgan fingerprint density at radius 1 is 1.62 bits per heavy atom. The van der Waals surface area contributed by atoms with Crippen LogP contribution in [0.25, 0.3) is 0 Å². The zero-order valence-corrected chi connectivity index (χ0v) is 8.84. The van der Waals surface area contributed by atoms with Crippen LogP contribution in [0.4, 0.5) is 0 Å². The number of ether oxygens (including phenoxy) is 1. The molecule has 74 valence electrons. The Labute approximate surface area is 80.9 Å². The standard InChI is InChI=1S/C11H19NO/c1-5-11(13-4)9(3)12(6-2)10-7-8-10/h5,10H,1,6-8H2,2-4H3/b11-9-. The summed E-state index contributed by atoms with van der Waals surface area (Å²) >= 11 is 0. The van der Waals surface area contributed by atoms with Gasteiger partial charge in [0.2, 0.25) is 0 Å². The van der Waals surface area contributed by atoms with Crippen LogP contribution >= 0.6 is 0 Å². The van der Waals surface area contributed by atoms with Crippen molar-refractivity contribution in [2.75, 3.05) is 13.7 Å². The average molecular weight is 181 g/mol. The molecule has 1 aliphatic rings. The van der Waals surface area contributed by atoms with Gasteiger partial charge in [-0.2, -0.15) is 0 Å². The van der Waals surface area contributed by atoms with Crippen molar-refractivity contribution in [2.24, 2.45) is 0 Å². The van der Waals surface area contributed by atoms with Crippen LogP contribution in [-0.4, -0.2) is 24.6 Å². The SMILES string of the molecule is C=C/C(OC)=C(\C)N(CC)C1CC1. The molecule has 0 N–H and O–H groups in total. The quantitative estimate of drug-likeness (QED) is 0.477. The van der Waals surface area contributed by atoms with Gasteiger partial charge in [-0.05, 0) is 32.8 Å². The first-order valence-electron chi connectivity index (χ1n) is 4.88. The van der Waals surface area contributed by atoms with E-state index in [1.165, 1.54) is 18.5 Å². The zero-order chi connectivity index (χ0) is 9.84. The van der Waals surface area contributed by atoms with Crippen LogP contribution in [0.1, 0.15) is 26.7 Å². The molecule has 1 saturated carbocycles. The molecule has 0 saturated heterocycles. The van der Waals surface area contributed by atoms with Gasteiger partial charge in [-0.25, -0.2) is 0 Å². The van der Waals surface area contributed by atoms with Crippen LogP contribution in [-0.2, 0) is 4.74 Å². The lowest BCUT2D eigenvalue weighted by Crippen LogP contribution is -2.24. The molecule has 0 aromatic carbocycles. The summed E-state index contributed by atoms with van der Waals surface area (Å²) in [6, 6.07) is 0.745. The molecular weight excluding hydrogens is 162 g/mol. The van der Waals surface area contributed by atoms with Crippen molar-refractivity contribution in [1.29, 1.82) is 0 Å². The van der Waals surface area contributed by atoms with Crippen LogP contribution in [0.15, 0.2) is 24.1 Å². The molecule has 0 aliphatic heterocycles. The smallest absolute Gasteiger partial charge is 0.137 e. The molecule has 0 bridgehead atoms. The highest BCUT2D eigenvalue weighted by atomic mass is 16.5. The second kappa shape index (κ2) is 4.35. The molecule has 1 fully saturated rings. The fraction of sp³-hybridized carbons (Fsp3) is 0.636. The summed E-state index contributed by atoms with van der Waals surface area (Å²) in [5, 5.41) is 0. The maximum atomic E-state index is 5.24. The van der Waals surface area contributed by atoms with Crippen molar-refractivity contribution in [3.05, 3.63) is 24.1 Å². The van der Waals surface area contributed by atoms with E-state index in [1.807, 2.05) is 0 Å². The van der Waals surface area contributed by atoms with Crippen molar-refractivity contribution in [3.8, 4) is 0 Å². The normalized spacial score (nSPS) is 17.8. The number of methoxy groups -OCH3 is 1. The highest BCUT2D eigenvalue weighted by molar-refractivity contribution is 5.17. The van der Waals surface area contributed by atoms with Gasteiger partial charge in [0.15, 0.2) is 0 Å². The van der Waals surface area contributed by atoms with Crippen LogP contribution in [0.5, 0.6) is 0 Å². The monoisotopic (exact) mass is 181 g/mol. The fourth-order valence-corrected chi connectivity index (χ4v) is 1.68. The molecule has 1 rings (SSSR count). The summed E-state index contributed by atoms with van der Waals surface area (Å²) in [7, 11) is 1.70. The van der Waals surface area contributed by atoms with Gasteiger partial charge in [0, 0.05) is 12.6 Å². The van der Waals surface area contributed by atoms with E-state index < -0.39 is 0 Å². The Balaban J connectivity index is 2.75. The van der Waals surface area contributed by atoms with E-state index in [2.05, 4.69) is 25.3 Å². The van der Waals surface area contributed by atoms with Crippen molar-refractivity contribution >= 4 is 0 Å². The van der Waals surface area contributed by atoms with Gasteiger partial charge in [0.25, 0.3) is 0 Å². The third-order valence-corrected chi connectivity index (χ3v) is 2.52. The molecule has 0 amide bonds. The third-order valence-electron chi connectivity index (χ3n) is 2.52. The number of hydrogen-bond donors (Lipinski definition) is 0. The highest BCUT2D eigenvalue weighted by Gasteiger charge is 2.28. The first-order chi connectivity index (χ1) is 6.24. The van der Waals surface area contributed by atoms with E-state index in [-0.39, 0.29) is 0 Å². The van der Waals surface area contributed by atoms with Gasteiger partial charge in [-0.3, -0.25) is 0 Å². The summed E-state index contributed by atoms with van der Waals surface area (Å²) < 4.78 is 5.24. The summed E-state index contributed by atoms with van der Waals surface area (Å²) in [4.78, 5) is 2.39. The maximum Gasteiger partial charge on any atom is 0.137 e. The molecule has 0 spiro atoms. The van der Waals surface area contributed by atoms with E-state index in [1.54, 1.807) is 13.2 Å². The number of nitrogens with zero attached hydrogens (tertiary/aromatic N) is 1. The van der Waals surface area contributed by atoms with Crippen LogP contribution in [0, 0.1) is 0 Å². The summed E-state index contributed by atoms with van der Waals surface area (Å²) in [5.41, 5.74) is 1.21. The fourth-order valence-electron chi connectivity index (χ4n) is 1.68. The van der Waals surface area contributed by atoms with E-state index in [0.717, 1.165) is 18.3 Å². The molecule has 13 heavy (non-hydrogen) atoms. The largest absolute Gasteiger partial charge is 0.495 e. The summed E-state index contributed by atoms with van der Waals surface area (Å²) in [5.74, 6) is 0.897. The number of rotatable bonds is 5. The van der Waals surface area contributed by atoms with Gasteiger partial charge in [-0.15, -0.1) is 0 Å². The molecule has 2 heteroatoms. The minimum absolute atomic E-state index is 0.745. The van der Waals surface area contributed by atoms with E-state index in [4.69, 9.17) is 4.74 Å². The Kier molecular flexibility index (Phi) is 3.40. The van der Waals surface area contributed by atoms with Gasteiger partial charge < -0.3 is 9.64 Å². The molecule has 0 unspecified atom stereocenters. The lowest BCUT2D eigenvalue weighted by Gasteiger charge is -2.24. The average Bonchev–Trinajstić information content (AvgIpc) is 2.92. The van der Waals surface area contributed by atoms with E-state index in [0.29, 0.717) is 0 Å². The Hall–Kier alpha value is -0.920. The predicted octanol–water partition coefficient (Wildman–Crippen LogP) is 2.53. The molecular formula is C11H19NO. The van der Waals surface area contributed by atoms with E-state index >= 15 is 0 Å². The van der Waals surface area contributed by atoms with Crippen molar-refractivity contribution < 1.29 is 4.74 Å². The summed E-state index contributed by atoms with van der Waals surface area (Å²) in [6.07, 6.45) is 4.42. The maximum absolute atomic E-state index is 5.24. The van der Waals surface area contributed by atoms with Crippen molar-refractivity contribution in [3.63, 3.8) is 0 Å². The van der Waals surface area contributed by atoms with Gasteiger partial charge >= 0.3 is 0 Å². The molecule has 1 aliphatic carbocycles. The lowest BCUT2D eigenvalue weighted by molar-refractivity contribution is 0.267. The number of hydrogen-bond acceptors (Lipinski definition) is 2. The third kappa shape index (κ3) is 2.27. The Bertz CT molecular complexity index is 216. The minimum atomic E-state index is 0.745. The van der Waals surface area contributed by atoms with Crippen molar-refractivity contribution in [1.82, 2.24) is 4.90 Å². The molecule has 0 radical (unpaired) electrons. The van der Waals surface area contributed by atoms with E-state index in [9.17, 15) is 0 Å². The van der Waals surface area contributed by atoms with Crippen LogP contribution < -0.4 is 0 Å². The minimum Gasteiger partial charge on any atom is -0.495 e. The second-order valence-electron chi connectivity index (χ2n) is 3.38. The molecule has 0 heterocycles. The highest BCUT2D eigenvalue weighted by Crippen LogP contribution is 2.30. The van der Waals surface area contributed by atoms with Crippen LogP contribution in [0.2, 0.25) is 0 Å². The molecule has 2 nitrogen and oxygen atoms in total. The molecule has 0 aromatic heterocycles. The zero-order valence-electron chi connectivity index (χ0n) is 8.84.